The van der Waals surface area contributed by atoms with E-state index in [1.807, 2.05) is 37.7 Å². The van der Waals surface area contributed by atoms with Crippen LogP contribution >= 0.6 is 0 Å². The van der Waals surface area contributed by atoms with Crippen LogP contribution in [-0.2, 0) is 7.05 Å². The van der Waals surface area contributed by atoms with Gasteiger partial charge in [-0.25, -0.2) is 4.98 Å². The van der Waals surface area contributed by atoms with Gasteiger partial charge in [-0.2, -0.15) is 0 Å². The number of nitrogens with zero attached hydrogens (tertiary/aromatic N) is 3. The molecule has 0 aliphatic rings. The minimum atomic E-state index is -0.283. The molecular weight excluding hydrogens is 228 g/mol. The molecule has 0 saturated carbocycles. The third kappa shape index (κ3) is 2.87. The molecule has 2 rings (SSSR count). The predicted octanol–water partition coefficient (Wildman–Crippen LogP) is 1.65. The van der Waals surface area contributed by atoms with Gasteiger partial charge in [0.1, 0.15) is 5.75 Å². The highest BCUT2D eigenvalue weighted by Gasteiger charge is 2.13. The number of imidazole rings is 1. The zero-order chi connectivity index (χ0) is 13.1. The molecule has 2 aromatic heterocycles. The summed E-state index contributed by atoms with van der Waals surface area (Å²) < 4.78 is 7.47. The van der Waals surface area contributed by atoms with Gasteiger partial charge in [-0.05, 0) is 25.5 Å². The van der Waals surface area contributed by atoms with E-state index in [9.17, 15) is 0 Å². The summed E-state index contributed by atoms with van der Waals surface area (Å²) in [5.41, 5.74) is 7.87. The molecule has 18 heavy (non-hydrogen) atoms. The molecule has 2 heterocycles. The van der Waals surface area contributed by atoms with E-state index >= 15 is 0 Å². The second-order valence-electron chi connectivity index (χ2n) is 4.56. The number of nitrogens with two attached hydrogens (primary N) is 1. The van der Waals surface area contributed by atoms with Crippen molar-refractivity contribution in [3.05, 3.63) is 42.2 Å². The molecule has 0 radical (unpaired) electrons. The summed E-state index contributed by atoms with van der Waals surface area (Å²) in [6.45, 7) is 3.96. The molecule has 0 aliphatic carbocycles. The zero-order valence-electron chi connectivity index (χ0n) is 10.9. The second kappa shape index (κ2) is 5.18. The molecule has 0 aromatic carbocycles. The largest absolute Gasteiger partial charge is 0.489 e. The van der Waals surface area contributed by atoms with Gasteiger partial charge >= 0.3 is 0 Å². The van der Waals surface area contributed by atoms with Crippen molar-refractivity contribution in [1.82, 2.24) is 14.5 Å². The first-order chi connectivity index (χ1) is 8.56. The number of hydrogen-bond acceptors (Lipinski definition) is 4. The van der Waals surface area contributed by atoms with Crippen molar-refractivity contribution in [3.8, 4) is 5.75 Å². The molecule has 2 aromatic rings. The molecule has 0 fully saturated rings. The quantitative estimate of drug-likeness (QED) is 0.890. The average molecular weight is 246 g/mol. The molecule has 0 bridgehead atoms. The first kappa shape index (κ1) is 12.6. The fourth-order valence-electron chi connectivity index (χ4n) is 1.71. The highest BCUT2D eigenvalue weighted by Crippen LogP contribution is 2.21. The maximum absolute atomic E-state index is 6.16. The normalized spacial score (nSPS) is 12.7. The third-order valence-electron chi connectivity index (χ3n) is 2.51. The summed E-state index contributed by atoms with van der Waals surface area (Å²) in [7, 11) is 1.92. The van der Waals surface area contributed by atoms with Gasteiger partial charge in [0.05, 0.1) is 30.4 Å². The monoisotopic (exact) mass is 246 g/mol. The fourth-order valence-corrected chi connectivity index (χ4v) is 1.71. The Kier molecular flexibility index (Phi) is 3.62. The summed E-state index contributed by atoms with van der Waals surface area (Å²) in [6, 6.07) is 1.63. The lowest BCUT2D eigenvalue weighted by Gasteiger charge is -2.13. The van der Waals surface area contributed by atoms with Gasteiger partial charge in [0.25, 0.3) is 0 Å². The van der Waals surface area contributed by atoms with Gasteiger partial charge in [0.15, 0.2) is 0 Å². The summed E-state index contributed by atoms with van der Waals surface area (Å²) in [5, 5.41) is 0. The van der Waals surface area contributed by atoms with Crippen LogP contribution in [0.4, 0.5) is 0 Å². The molecule has 0 aliphatic heterocycles. The molecule has 1 unspecified atom stereocenters. The summed E-state index contributed by atoms with van der Waals surface area (Å²) in [4.78, 5) is 8.40. The molecule has 1 atom stereocenters. The van der Waals surface area contributed by atoms with Crippen LogP contribution in [0.15, 0.2) is 31.0 Å². The maximum Gasteiger partial charge on any atom is 0.138 e. The van der Waals surface area contributed by atoms with E-state index in [0.717, 1.165) is 17.0 Å². The van der Waals surface area contributed by atoms with E-state index in [4.69, 9.17) is 10.5 Å². The maximum atomic E-state index is 6.16. The van der Waals surface area contributed by atoms with Crippen molar-refractivity contribution in [2.24, 2.45) is 12.8 Å². The van der Waals surface area contributed by atoms with E-state index in [1.54, 1.807) is 18.7 Å². The van der Waals surface area contributed by atoms with Gasteiger partial charge < -0.3 is 15.0 Å². The van der Waals surface area contributed by atoms with E-state index < -0.39 is 0 Å². The molecule has 2 N–H and O–H groups in total. The van der Waals surface area contributed by atoms with Crippen molar-refractivity contribution in [2.75, 3.05) is 0 Å². The van der Waals surface area contributed by atoms with Crippen LogP contribution in [-0.4, -0.2) is 20.6 Å². The number of ether oxygens (including phenoxy) is 1. The zero-order valence-corrected chi connectivity index (χ0v) is 10.9. The van der Waals surface area contributed by atoms with E-state index in [2.05, 4.69) is 9.97 Å². The van der Waals surface area contributed by atoms with Crippen molar-refractivity contribution < 1.29 is 4.74 Å². The number of rotatable bonds is 4. The van der Waals surface area contributed by atoms with Crippen LogP contribution in [0, 0.1) is 0 Å². The Morgan fingerprint density at radius 3 is 2.72 bits per heavy atom. The Morgan fingerprint density at radius 1 is 1.33 bits per heavy atom. The molecule has 5 nitrogen and oxygen atoms in total. The second-order valence-corrected chi connectivity index (χ2v) is 4.56. The van der Waals surface area contributed by atoms with Crippen molar-refractivity contribution in [3.63, 3.8) is 0 Å². The van der Waals surface area contributed by atoms with Crippen molar-refractivity contribution in [1.29, 1.82) is 0 Å². The number of pyridine rings is 1. The van der Waals surface area contributed by atoms with Crippen LogP contribution in [0.2, 0.25) is 0 Å². The Balaban J connectivity index is 2.22. The Hall–Kier alpha value is -1.88. The van der Waals surface area contributed by atoms with Gasteiger partial charge in [-0.15, -0.1) is 0 Å². The first-order valence-corrected chi connectivity index (χ1v) is 5.91. The molecule has 0 amide bonds. The topological polar surface area (TPSA) is 66.0 Å². The number of aryl methyl sites for hydroxylation is 1. The third-order valence-corrected chi connectivity index (χ3v) is 2.51. The highest BCUT2D eigenvalue weighted by atomic mass is 16.5. The lowest BCUT2D eigenvalue weighted by Crippen LogP contribution is -2.13. The Bertz CT molecular complexity index is 521. The number of aromatic nitrogens is 3. The first-order valence-electron chi connectivity index (χ1n) is 5.91. The average Bonchev–Trinajstić information content (AvgIpc) is 2.74. The van der Waals surface area contributed by atoms with Gasteiger partial charge in [0, 0.05) is 19.4 Å². The van der Waals surface area contributed by atoms with Crippen LogP contribution in [0.5, 0.6) is 5.75 Å². The molecule has 0 spiro atoms. The smallest absolute Gasteiger partial charge is 0.138 e. The summed E-state index contributed by atoms with van der Waals surface area (Å²) in [6.07, 6.45) is 7.19. The van der Waals surface area contributed by atoms with E-state index in [0.29, 0.717) is 0 Å². The number of hydrogen-bond donors (Lipinski definition) is 1. The van der Waals surface area contributed by atoms with Gasteiger partial charge in [-0.3, -0.25) is 4.98 Å². The summed E-state index contributed by atoms with van der Waals surface area (Å²) >= 11 is 0. The highest BCUT2D eigenvalue weighted by molar-refractivity contribution is 5.30. The summed E-state index contributed by atoms with van der Waals surface area (Å²) in [5.74, 6) is 0.730. The van der Waals surface area contributed by atoms with Crippen LogP contribution in [0.3, 0.4) is 0 Å². The SMILES string of the molecule is CC(C)Oc1cncc(C(N)c2cn(C)cn2)c1. The Morgan fingerprint density at radius 2 is 2.11 bits per heavy atom. The predicted molar refractivity (Wildman–Crippen MR) is 69.2 cm³/mol. The molecule has 96 valence electrons. The minimum absolute atomic E-state index is 0.119. The van der Waals surface area contributed by atoms with Crippen LogP contribution in [0.25, 0.3) is 0 Å². The lowest BCUT2D eigenvalue weighted by molar-refractivity contribution is 0.241. The van der Waals surface area contributed by atoms with Gasteiger partial charge in [-0.1, -0.05) is 0 Å². The molecule has 0 saturated heterocycles. The fraction of sp³-hybridized carbons (Fsp3) is 0.385. The van der Waals surface area contributed by atoms with Crippen LogP contribution < -0.4 is 10.5 Å². The van der Waals surface area contributed by atoms with E-state index in [1.165, 1.54) is 0 Å². The standard InChI is InChI=1S/C13H18N4O/c1-9(2)18-11-4-10(5-15-6-11)13(14)12-7-17(3)8-16-12/h4-9,13H,14H2,1-3H3. The van der Waals surface area contributed by atoms with Gasteiger partial charge in [0.2, 0.25) is 0 Å². The molecule has 5 heteroatoms. The Labute approximate surface area is 107 Å². The lowest BCUT2D eigenvalue weighted by atomic mass is 10.1. The minimum Gasteiger partial charge on any atom is -0.489 e. The van der Waals surface area contributed by atoms with E-state index in [-0.39, 0.29) is 12.1 Å². The van der Waals surface area contributed by atoms with Crippen LogP contribution in [0.1, 0.15) is 31.1 Å². The molecular formula is C13H18N4O. The van der Waals surface area contributed by atoms with Crippen molar-refractivity contribution >= 4 is 0 Å². The van der Waals surface area contributed by atoms with Crippen molar-refractivity contribution in [2.45, 2.75) is 26.0 Å².